The molecule has 2 rings (SSSR count). The molecule has 1 aromatic rings. The predicted molar refractivity (Wildman–Crippen MR) is 88.6 cm³/mol. The van der Waals surface area contributed by atoms with Crippen LogP contribution in [0.3, 0.4) is 0 Å². The minimum absolute atomic E-state index is 0.0613. The fourth-order valence-electron chi connectivity index (χ4n) is 2.85. The molecule has 0 unspecified atom stereocenters. The van der Waals surface area contributed by atoms with E-state index in [1.165, 1.54) is 0 Å². The number of aromatic nitrogens is 1. The van der Waals surface area contributed by atoms with Crippen LogP contribution in [0.4, 0.5) is 11.5 Å². The van der Waals surface area contributed by atoms with Gasteiger partial charge in [-0.3, -0.25) is 14.9 Å². The number of rotatable bonds is 2. The first-order valence-corrected chi connectivity index (χ1v) is 7.78. The highest BCUT2D eigenvalue weighted by Gasteiger charge is 2.32. The van der Waals surface area contributed by atoms with E-state index < -0.39 is 5.41 Å². The Labute approximate surface area is 136 Å². The first-order chi connectivity index (χ1) is 10.6. The lowest BCUT2D eigenvalue weighted by molar-refractivity contribution is -0.384. The van der Waals surface area contributed by atoms with Crippen molar-refractivity contribution in [1.29, 1.82) is 0 Å². The molecule has 0 aliphatic carbocycles. The minimum atomic E-state index is -0.410. The maximum absolute atomic E-state index is 12.3. The number of carbonyl (C=O) groups is 1. The average Bonchev–Trinajstić information content (AvgIpc) is 2.44. The molecule has 0 radical (unpaired) electrons. The van der Waals surface area contributed by atoms with Gasteiger partial charge in [-0.2, -0.15) is 0 Å². The van der Waals surface area contributed by atoms with E-state index >= 15 is 0 Å². The third kappa shape index (κ3) is 3.60. The summed E-state index contributed by atoms with van der Waals surface area (Å²) >= 11 is 0. The highest BCUT2D eigenvalue weighted by molar-refractivity contribution is 5.81. The zero-order valence-corrected chi connectivity index (χ0v) is 14.4. The lowest BCUT2D eigenvalue weighted by Gasteiger charge is -2.38. The van der Waals surface area contributed by atoms with E-state index in [1.807, 2.05) is 37.5 Å². The number of piperazine rings is 1. The SMILES string of the molecule is Cc1cc(C)c([N+](=O)[O-])c(N2CCN(C(=O)C(C)(C)C)CC2)n1. The number of hydrogen-bond acceptors (Lipinski definition) is 5. The van der Waals surface area contributed by atoms with Gasteiger partial charge >= 0.3 is 5.69 Å². The maximum atomic E-state index is 12.3. The van der Waals surface area contributed by atoms with Crippen LogP contribution in [-0.4, -0.2) is 46.9 Å². The zero-order chi connectivity index (χ0) is 17.4. The molecule has 0 bridgehead atoms. The summed E-state index contributed by atoms with van der Waals surface area (Å²) in [5.41, 5.74) is 1.03. The molecule has 0 N–H and O–H groups in total. The number of carbonyl (C=O) groups excluding carboxylic acids is 1. The molecule has 1 amide bonds. The van der Waals surface area contributed by atoms with Gasteiger partial charge in [0.25, 0.3) is 0 Å². The molecule has 1 aromatic heterocycles. The van der Waals surface area contributed by atoms with Gasteiger partial charge in [-0.05, 0) is 19.9 Å². The number of pyridine rings is 1. The number of nitro groups is 1. The van der Waals surface area contributed by atoms with Crippen LogP contribution in [0, 0.1) is 29.4 Å². The van der Waals surface area contributed by atoms with Crippen molar-refractivity contribution >= 4 is 17.4 Å². The van der Waals surface area contributed by atoms with Crippen molar-refractivity contribution in [3.05, 3.63) is 27.4 Å². The average molecular weight is 320 g/mol. The summed E-state index contributed by atoms with van der Waals surface area (Å²) in [4.78, 5) is 31.4. The standard InChI is InChI=1S/C16H24N4O3/c1-11-10-12(2)17-14(13(11)20(22)23)18-6-8-19(9-7-18)15(21)16(3,4)5/h10H,6-9H2,1-5H3. The van der Waals surface area contributed by atoms with Crippen LogP contribution in [-0.2, 0) is 4.79 Å². The van der Waals surface area contributed by atoms with Crippen LogP contribution in [0.5, 0.6) is 0 Å². The normalized spacial score (nSPS) is 15.7. The van der Waals surface area contributed by atoms with E-state index in [-0.39, 0.29) is 16.5 Å². The molecule has 0 aromatic carbocycles. The molecular weight excluding hydrogens is 296 g/mol. The monoisotopic (exact) mass is 320 g/mol. The van der Waals surface area contributed by atoms with E-state index in [1.54, 1.807) is 13.0 Å². The highest BCUT2D eigenvalue weighted by Crippen LogP contribution is 2.31. The van der Waals surface area contributed by atoms with Crippen LogP contribution in [0.25, 0.3) is 0 Å². The number of nitrogens with zero attached hydrogens (tertiary/aromatic N) is 4. The van der Waals surface area contributed by atoms with Crippen LogP contribution in [0.2, 0.25) is 0 Å². The largest absolute Gasteiger partial charge is 0.347 e. The first kappa shape index (κ1) is 17.2. The van der Waals surface area contributed by atoms with Crippen molar-refractivity contribution in [2.75, 3.05) is 31.1 Å². The Kier molecular flexibility index (Phi) is 4.58. The van der Waals surface area contributed by atoms with Crippen molar-refractivity contribution < 1.29 is 9.72 Å². The molecule has 0 spiro atoms. The summed E-state index contributed by atoms with van der Waals surface area (Å²) in [7, 11) is 0. The smallest absolute Gasteiger partial charge is 0.314 e. The molecule has 7 heteroatoms. The topological polar surface area (TPSA) is 79.6 Å². The molecular formula is C16H24N4O3. The summed E-state index contributed by atoms with van der Waals surface area (Å²) in [6, 6.07) is 1.72. The second-order valence-corrected chi connectivity index (χ2v) is 7.04. The Morgan fingerprint density at radius 1 is 1.22 bits per heavy atom. The Bertz CT molecular complexity index is 629. The molecule has 2 heterocycles. The summed E-state index contributed by atoms with van der Waals surface area (Å²) < 4.78 is 0. The van der Waals surface area contributed by atoms with E-state index in [2.05, 4.69) is 4.98 Å². The highest BCUT2D eigenvalue weighted by atomic mass is 16.6. The van der Waals surface area contributed by atoms with Gasteiger partial charge in [0, 0.05) is 42.9 Å². The van der Waals surface area contributed by atoms with Crippen molar-refractivity contribution in [3.63, 3.8) is 0 Å². The minimum Gasteiger partial charge on any atom is -0.347 e. The zero-order valence-electron chi connectivity index (χ0n) is 14.4. The van der Waals surface area contributed by atoms with Crippen LogP contribution in [0.15, 0.2) is 6.07 Å². The van der Waals surface area contributed by atoms with Crippen molar-refractivity contribution in [1.82, 2.24) is 9.88 Å². The number of hydrogen-bond donors (Lipinski definition) is 0. The fourth-order valence-corrected chi connectivity index (χ4v) is 2.85. The molecule has 23 heavy (non-hydrogen) atoms. The second kappa shape index (κ2) is 6.14. The van der Waals surface area contributed by atoms with Crippen molar-refractivity contribution in [3.8, 4) is 0 Å². The molecule has 126 valence electrons. The first-order valence-electron chi connectivity index (χ1n) is 7.78. The number of amides is 1. The lowest BCUT2D eigenvalue weighted by Crippen LogP contribution is -2.52. The summed E-state index contributed by atoms with van der Waals surface area (Å²) in [6.07, 6.45) is 0. The van der Waals surface area contributed by atoms with E-state index in [0.29, 0.717) is 37.6 Å². The predicted octanol–water partition coefficient (Wildman–Crippen LogP) is 2.30. The van der Waals surface area contributed by atoms with Gasteiger partial charge in [0.2, 0.25) is 11.7 Å². The Morgan fingerprint density at radius 3 is 2.26 bits per heavy atom. The molecule has 0 atom stereocenters. The van der Waals surface area contributed by atoms with Gasteiger partial charge in [0.1, 0.15) is 0 Å². The molecule has 7 nitrogen and oxygen atoms in total. The molecule has 1 aliphatic heterocycles. The molecule has 0 saturated carbocycles. The van der Waals surface area contributed by atoms with Crippen molar-refractivity contribution in [2.45, 2.75) is 34.6 Å². The van der Waals surface area contributed by atoms with Gasteiger partial charge in [0.15, 0.2) is 0 Å². The van der Waals surface area contributed by atoms with E-state index in [0.717, 1.165) is 5.69 Å². The fraction of sp³-hybridized carbons (Fsp3) is 0.625. The number of anilines is 1. The van der Waals surface area contributed by atoms with Crippen LogP contribution in [0.1, 0.15) is 32.0 Å². The maximum Gasteiger partial charge on any atom is 0.314 e. The lowest BCUT2D eigenvalue weighted by atomic mass is 9.94. The Hall–Kier alpha value is -2.18. The summed E-state index contributed by atoms with van der Waals surface area (Å²) in [5, 5.41) is 11.4. The third-order valence-corrected chi connectivity index (χ3v) is 3.98. The van der Waals surface area contributed by atoms with Crippen LogP contribution < -0.4 is 4.90 Å². The van der Waals surface area contributed by atoms with Gasteiger partial charge in [0.05, 0.1) is 4.92 Å². The van der Waals surface area contributed by atoms with E-state index in [4.69, 9.17) is 0 Å². The summed E-state index contributed by atoms with van der Waals surface area (Å²) in [6.45, 7) is 11.5. The Balaban J connectivity index is 2.21. The van der Waals surface area contributed by atoms with Gasteiger partial charge in [-0.15, -0.1) is 0 Å². The third-order valence-electron chi connectivity index (χ3n) is 3.98. The molecule has 1 saturated heterocycles. The Morgan fingerprint density at radius 2 is 1.78 bits per heavy atom. The number of aryl methyl sites for hydroxylation is 2. The van der Waals surface area contributed by atoms with Gasteiger partial charge < -0.3 is 9.80 Å². The van der Waals surface area contributed by atoms with Gasteiger partial charge in [-0.25, -0.2) is 4.98 Å². The van der Waals surface area contributed by atoms with Crippen LogP contribution >= 0.6 is 0 Å². The van der Waals surface area contributed by atoms with Gasteiger partial charge in [-0.1, -0.05) is 20.8 Å². The molecule has 1 aliphatic rings. The quantitative estimate of drug-likeness (QED) is 0.617. The van der Waals surface area contributed by atoms with Crippen molar-refractivity contribution in [2.24, 2.45) is 5.41 Å². The summed E-state index contributed by atoms with van der Waals surface area (Å²) in [5.74, 6) is 0.524. The molecule has 1 fully saturated rings. The second-order valence-electron chi connectivity index (χ2n) is 7.04. The van der Waals surface area contributed by atoms with E-state index in [9.17, 15) is 14.9 Å².